The highest BCUT2D eigenvalue weighted by Gasteiger charge is 2.40. The minimum absolute atomic E-state index is 0.226. The molecule has 6 heteroatoms. The Labute approximate surface area is 185 Å². The molecule has 0 aromatic heterocycles. The zero-order chi connectivity index (χ0) is 22.1. The largest absolute Gasteiger partial charge is 0.480 e. The molecule has 5 N–H and O–H groups in total. The van der Waals surface area contributed by atoms with Gasteiger partial charge >= 0.3 is 5.97 Å². The molecular formula is C25H36N4O2. The third-order valence-electron chi connectivity index (χ3n) is 6.30. The molecule has 1 aromatic rings. The lowest BCUT2D eigenvalue weighted by Crippen LogP contribution is -2.41. The molecule has 2 aliphatic rings. The lowest BCUT2D eigenvalue weighted by Gasteiger charge is -2.30. The van der Waals surface area contributed by atoms with Crippen molar-refractivity contribution in [2.75, 3.05) is 13.1 Å². The fourth-order valence-corrected chi connectivity index (χ4v) is 4.44. The standard InChI is InChI=1S/C25H36N4O2/c1-2-20(12-18-6-4-3-5-7-18)23-13-24(23)29-22-10-8-21(9-11-22)28-16-19(14-26)15-27-17-25(30)31/h3-7,12,14-15,21-24,28-29H,2,8-11,13,16-17,26H2,1H3,(H,30,31). The smallest absolute Gasteiger partial charge is 0.325 e. The number of aliphatic carboxylic acids is 1. The van der Waals surface area contributed by atoms with Crippen LogP contribution in [0.3, 0.4) is 0 Å². The van der Waals surface area contributed by atoms with Gasteiger partial charge < -0.3 is 21.5 Å². The van der Waals surface area contributed by atoms with Crippen molar-refractivity contribution < 1.29 is 9.90 Å². The summed E-state index contributed by atoms with van der Waals surface area (Å²) in [7, 11) is 0. The summed E-state index contributed by atoms with van der Waals surface area (Å²) in [6.45, 7) is 2.66. The maximum Gasteiger partial charge on any atom is 0.325 e. The summed E-state index contributed by atoms with van der Waals surface area (Å²) < 4.78 is 0. The van der Waals surface area contributed by atoms with Gasteiger partial charge in [-0.15, -0.1) is 0 Å². The lowest BCUT2D eigenvalue weighted by atomic mass is 9.91. The second kappa shape index (κ2) is 11.8. The van der Waals surface area contributed by atoms with Crippen LogP contribution in [-0.2, 0) is 4.79 Å². The van der Waals surface area contributed by atoms with Crippen LogP contribution in [0.2, 0.25) is 0 Å². The average Bonchev–Trinajstić information content (AvgIpc) is 3.54. The predicted molar refractivity (Wildman–Crippen MR) is 127 cm³/mol. The summed E-state index contributed by atoms with van der Waals surface area (Å²) in [4.78, 5) is 14.4. The third-order valence-corrected chi connectivity index (χ3v) is 6.30. The monoisotopic (exact) mass is 424 g/mol. The first-order valence-corrected chi connectivity index (χ1v) is 11.5. The number of nitrogens with two attached hydrogens (primary N) is 1. The van der Waals surface area contributed by atoms with Crippen molar-refractivity contribution in [3.05, 3.63) is 53.2 Å². The van der Waals surface area contributed by atoms with Crippen LogP contribution in [0.15, 0.2) is 52.7 Å². The number of hydrogen-bond donors (Lipinski definition) is 4. The molecule has 0 spiro atoms. The molecule has 6 nitrogen and oxygen atoms in total. The van der Waals surface area contributed by atoms with E-state index in [9.17, 15) is 4.79 Å². The van der Waals surface area contributed by atoms with Gasteiger partial charge in [-0.1, -0.05) is 48.9 Å². The van der Waals surface area contributed by atoms with Crippen LogP contribution >= 0.6 is 0 Å². The van der Waals surface area contributed by atoms with Gasteiger partial charge in [-0.05, 0) is 61.8 Å². The number of carboxylic acid groups (broad SMARTS) is 1. The van der Waals surface area contributed by atoms with Gasteiger partial charge in [0, 0.05) is 30.9 Å². The zero-order valence-corrected chi connectivity index (χ0v) is 18.5. The first-order valence-electron chi connectivity index (χ1n) is 11.5. The van der Waals surface area contributed by atoms with E-state index in [1.54, 1.807) is 11.8 Å². The molecule has 0 saturated heterocycles. The van der Waals surface area contributed by atoms with Crippen LogP contribution in [0.4, 0.5) is 0 Å². The normalized spacial score (nSPS) is 26.9. The number of rotatable bonds is 11. The molecule has 2 saturated carbocycles. The molecule has 2 aliphatic carbocycles. The van der Waals surface area contributed by atoms with Gasteiger partial charge in [0.05, 0.1) is 0 Å². The topological polar surface area (TPSA) is 99.7 Å². The fraction of sp³-hybridized carbons (Fsp3) is 0.520. The zero-order valence-electron chi connectivity index (χ0n) is 18.5. The van der Waals surface area contributed by atoms with E-state index in [1.165, 1.54) is 31.0 Å². The van der Waals surface area contributed by atoms with Crippen molar-refractivity contribution >= 4 is 18.3 Å². The Morgan fingerprint density at radius 3 is 2.55 bits per heavy atom. The van der Waals surface area contributed by atoms with Crippen LogP contribution in [0.25, 0.3) is 6.08 Å². The van der Waals surface area contributed by atoms with Crippen molar-refractivity contribution in [3.8, 4) is 0 Å². The predicted octanol–water partition coefficient (Wildman–Crippen LogP) is 3.36. The van der Waals surface area contributed by atoms with E-state index in [0.29, 0.717) is 30.6 Å². The Balaban J connectivity index is 1.37. The number of hydrogen-bond acceptors (Lipinski definition) is 5. The van der Waals surface area contributed by atoms with Crippen LogP contribution in [-0.4, -0.2) is 48.5 Å². The van der Waals surface area contributed by atoms with Crippen molar-refractivity contribution in [2.24, 2.45) is 16.6 Å². The van der Waals surface area contributed by atoms with E-state index in [0.717, 1.165) is 24.8 Å². The SMILES string of the molecule is CCC(=Cc1ccccc1)C1CC1NC1CCC(NCC(C=NCC(=O)O)=CN)CC1. The van der Waals surface area contributed by atoms with E-state index in [1.807, 2.05) is 0 Å². The first-order chi connectivity index (χ1) is 15.1. The Morgan fingerprint density at radius 1 is 1.19 bits per heavy atom. The summed E-state index contributed by atoms with van der Waals surface area (Å²) in [5.41, 5.74) is 9.31. The van der Waals surface area contributed by atoms with E-state index >= 15 is 0 Å². The number of aliphatic imine (C=N–C) groups is 1. The van der Waals surface area contributed by atoms with Gasteiger partial charge in [0.2, 0.25) is 0 Å². The Morgan fingerprint density at radius 2 is 1.90 bits per heavy atom. The second-order valence-corrected chi connectivity index (χ2v) is 8.63. The minimum atomic E-state index is -0.939. The molecule has 0 radical (unpaired) electrons. The van der Waals surface area contributed by atoms with E-state index < -0.39 is 5.97 Å². The molecule has 2 fully saturated rings. The molecule has 0 heterocycles. The maximum atomic E-state index is 10.6. The Kier molecular flexibility index (Phi) is 8.85. The molecular weight excluding hydrogens is 388 g/mol. The van der Waals surface area contributed by atoms with Gasteiger partial charge in [-0.3, -0.25) is 9.79 Å². The highest BCUT2D eigenvalue weighted by Crippen LogP contribution is 2.40. The van der Waals surface area contributed by atoms with Crippen LogP contribution in [0.1, 0.15) is 51.0 Å². The number of carboxylic acids is 1. The van der Waals surface area contributed by atoms with Crippen molar-refractivity contribution in [2.45, 2.75) is 63.6 Å². The van der Waals surface area contributed by atoms with Gasteiger partial charge in [0.15, 0.2) is 0 Å². The summed E-state index contributed by atoms with van der Waals surface area (Å²) in [6, 6.07) is 12.3. The van der Waals surface area contributed by atoms with E-state index in [4.69, 9.17) is 10.8 Å². The van der Waals surface area contributed by atoms with Gasteiger partial charge in [0.1, 0.15) is 6.54 Å². The minimum Gasteiger partial charge on any atom is -0.480 e. The number of nitrogens with one attached hydrogen (secondary N) is 2. The van der Waals surface area contributed by atoms with Crippen LogP contribution < -0.4 is 16.4 Å². The van der Waals surface area contributed by atoms with Crippen LogP contribution in [0, 0.1) is 5.92 Å². The quantitative estimate of drug-likeness (QED) is 0.408. The summed E-state index contributed by atoms with van der Waals surface area (Å²) in [6.07, 6.45) is 12.4. The molecule has 2 unspecified atom stereocenters. The van der Waals surface area contributed by atoms with Crippen molar-refractivity contribution in [1.29, 1.82) is 0 Å². The van der Waals surface area contributed by atoms with Crippen LogP contribution in [0.5, 0.6) is 0 Å². The molecule has 1 aromatic carbocycles. The third kappa shape index (κ3) is 7.64. The molecule has 3 rings (SSSR count). The van der Waals surface area contributed by atoms with E-state index in [-0.39, 0.29) is 6.54 Å². The van der Waals surface area contributed by atoms with Gasteiger partial charge in [-0.25, -0.2) is 0 Å². The average molecular weight is 425 g/mol. The first kappa shape index (κ1) is 23.2. The Bertz CT molecular complexity index is 795. The molecule has 2 atom stereocenters. The number of nitrogens with zero attached hydrogens (tertiary/aromatic N) is 1. The molecule has 0 aliphatic heterocycles. The highest BCUT2D eigenvalue weighted by atomic mass is 16.4. The maximum absolute atomic E-state index is 10.6. The summed E-state index contributed by atoms with van der Waals surface area (Å²) in [5, 5.41) is 16.1. The van der Waals surface area contributed by atoms with Crippen molar-refractivity contribution in [3.63, 3.8) is 0 Å². The lowest BCUT2D eigenvalue weighted by molar-refractivity contribution is -0.135. The summed E-state index contributed by atoms with van der Waals surface area (Å²) >= 11 is 0. The molecule has 168 valence electrons. The molecule has 0 amide bonds. The number of benzene rings is 1. The Hall–Kier alpha value is -2.44. The van der Waals surface area contributed by atoms with E-state index in [2.05, 4.69) is 59.0 Å². The van der Waals surface area contributed by atoms with Gasteiger partial charge in [0.25, 0.3) is 0 Å². The fourth-order valence-electron chi connectivity index (χ4n) is 4.44. The summed E-state index contributed by atoms with van der Waals surface area (Å²) in [5.74, 6) is -0.255. The highest BCUT2D eigenvalue weighted by molar-refractivity contribution is 5.81. The molecule has 31 heavy (non-hydrogen) atoms. The second-order valence-electron chi connectivity index (χ2n) is 8.63. The number of carbonyl (C=O) groups is 1. The molecule has 0 bridgehead atoms. The van der Waals surface area contributed by atoms with Gasteiger partial charge in [-0.2, -0.15) is 0 Å². The van der Waals surface area contributed by atoms with Crippen molar-refractivity contribution in [1.82, 2.24) is 10.6 Å².